The van der Waals surface area contributed by atoms with Gasteiger partial charge in [0, 0.05) is 51.1 Å². The topological polar surface area (TPSA) is 121 Å². The third-order valence-corrected chi connectivity index (χ3v) is 4.58. The summed E-state index contributed by atoms with van der Waals surface area (Å²) in [6.45, 7) is 7.05. The number of aromatic nitrogens is 6. The standard InChI is InChI=1S/C19H25N7O3/c1-4-16-20-8-11-25(16)9-5-7-21-17(27)6-10-26-14(3)22-12-15(19(26)28)18-23-13(2)24-29-18/h8,11-12H,4-7,9-10H2,1-3H3,(H,21,27). The Hall–Kier alpha value is -3.30. The third-order valence-electron chi connectivity index (χ3n) is 4.58. The van der Waals surface area contributed by atoms with Gasteiger partial charge in [0.25, 0.3) is 11.4 Å². The van der Waals surface area contributed by atoms with Gasteiger partial charge in [0.15, 0.2) is 5.82 Å². The molecule has 0 aliphatic heterocycles. The zero-order valence-electron chi connectivity index (χ0n) is 16.9. The molecule has 10 nitrogen and oxygen atoms in total. The SMILES string of the molecule is CCc1nccn1CCCNC(=O)CCn1c(C)ncc(-c2nc(C)no2)c1=O. The zero-order chi connectivity index (χ0) is 20.8. The van der Waals surface area contributed by atoms with Gasteiger partial charge in [-0.25, -0.2) is 9.97 Å². The number of hydrogen-bond acceptors (Lipinski definition) is 7. The van der Waals surface area contributed by atoms with Crippen LogP contribution >= 0.6 is 0 Å². The van der Waals surface area contributed by atoms with E-state index in [-0.39, 0.29) is 35.9 Å². The molecule has 154 valence electrons. The summed E-state index contributed by atoms with van der Waals surface area (Å²) in [6.07, 6.45) is 7.02. The molecule has 0 saturated heterocycles. The average Bonchev–Trinajstić information content (AvgIpc) is 3.33. The molecule has 0 aliphatic rings. The van der Waals surface area contributed by atoms with E-state index in [9.17, 15) is 9.59 Å². The van der Waals surface area contributed by atoms with E-state index in [1.807, 2.05) is 6.20 Å². The number of carbonyl (C=O) groups excluding carboxylic acids is 1. The van der Waals surface area contributed by atoms with Crippen LogP contribution in [-0.4, -0.2) is 41.7 Å². The summed E-state index contributed by atoms with van der Waals surface area (Å²) in [7, 11) is 0. The third kappa shape index (κ3) is 4.95. The number of nitrogens with one attached hydrogen (secondary N) is 1. The van der Waals surface area contributed by atoms with Crippen LogP contribution in [0.2, 0.25) is 0 Å². The van der Waals surface area contributed by atoms with E-state index in [1.165, 1.54) is 10.8 Å². The molecule has 1 amide bonds. The Bertz CT molecular complexity index is 1030. The van der Waals surface area contributed by atoms with Gasteiger partial charge in [-0.2, -0.15) is 4.98 Å². The molecule has 3 aromatic heterocycles. The number of imidazole rings is 1. The maximum atomic E-state index is 12.7. The second-order valence-corrected chi connectivity index (χ2v) is 6.67. The van der Waals surface area contributed by atoms with Crippen molar-refractivity contribution in [3.63, 3.8) is 0 Å². The Morgan fingerprint density at radius 1 is 1.24 bits per heavy atom. The van der Waals surface area contributed by atoms with E-state index < -0.39 is 0 Å². The lowest BCUT2D eigenvalue weighted by Crippen LogP contribution is -2.30. The van der Waals surface area contributed by atoms with Crippen LogP contribution in [0.5, 0.6) is 0 Å². The first kappa shape index (κ1) is 20.4. The van der Waals surface area contributed by atoms with Crippen LogP contribution in [0.3, 0.4) is 0 Å². The molecule has 0 bridgehead atoms. The van der Waals surface area contributed by atoms with E-state index in [2.05, 4.69) is 36.9 Å². The number of aryl methyl sites for hydroxylation is 4. The van der Waals surface area contributed by atoms with Crippen molar-refractivity contribution in [2.45, 2.75) is 53.1 Å². The molecule has 10 heteroatoms. The van der Waals surface area contributed by atoms with Crippen molar-refractivity contribution in [1.29, 1.82) is 0 Å². The maximum absolute atomic E-state index is 12.7. The van der Waals surface area contributed by atoms with Crippen LogP contribution in [-0.2, 0) is 24.3 Å². The fourth-order valence-electron chi connectivity index (χ4n) is 3.03. The number of hydrogen-bond donors (Lipinski definition) is 1. The van der Waals surface area contributed by atoms with E-state index >= 15 is 0 Å². The van der Waals surface area contributed by atoms with Crippen LogP contribution in [0.15, 0.2) is 27.9 Å². The normalized spacial score (nSPS) is 11.0. The Morgan fingerprint density at radius 3 is 2.79 bits per heavy atom. The van der Waals surface area contributed by atoms with Gasteiger partial charge in [0.1, 0.15) is 17.2 Å². The smallest absolute Gasteiger partial charge is 0.266 e. The first-order valence-electron chi connectivity index (χ1n) is 9.63. The highest BCUT2D eigenvalue weighted by atomic mass is 16.5. The van der Waals surface area contributed by atoms with E-state index in [0.717, 1.165) is 25.2 Å². The molecule has 0 aromatic carbocycles. The van der Waals surface area contributed by atoms with Crippen molar-refractivity contribution in [2.75, 3.05) is 6.54 Å². The summed E-state index contributed by atoms with van der Waals surface area (Å²) in [5.74, 6) is 2.01. The predicted molar refractivity (Wildman–Crippen MR) is 105 cm³/mol. The molecule has 0 fully saturated rings. The second kappa shape index (κ2) is 9.26. The van der Waals surface area contributed by atoms with Crippen LogP contribution in [0.1, 0.15) is 37.2 Å². The van der Waals surface area contributed by atoms with Crippen molar-refractivity contribution >= 4 is 5.91 Å². The fourth-order valence-corrected chi connectivity index (χ4v) is 3.03. The van der Waals surface area contributed by atoms with Gasteiger partial charge in [-0.05, 0) is 20.3 Å². The van der Waals surface area contributed by atoms with Crippen LogP contribution in [0.25, 0.3) is 11.5 Å². The van der Waals surface area contributed by atoms with Crippen LogP contribution < -0.4 is 10.9 Å². The highest BCUT2D eigenvalue weighted by Crippen LogP contribution is 2.11. The van der Waals surface area contributed by atoms with Gasteiger partial charge in [-0.3, -0.25) is 14.2 Å². The molecule has 3 heterocycles. The molecule has 0 saturated carbocycles. The molecule has 0 spiro atoms. The van der Waals surface area contributed by atoms with Crippen LogP contribution in [0, 0.1) is 13.8 Å². The lowest BCUT2D eigenvalue weighted by Gasteiger charge is -2.11. The summed E-state index contributed by atoms with van der Waals surface area (Å²) in [5.41, 5.74) is -0.0789. The van der Waals surface area contributed by atoms with Gasteiger partial charge in [-0.15, -0.1) is 0 Å². The summed E-state index contributed by atoms with van der Waals surface area (Å²) < 4.78 is 8.60. The first-order chi connectivity index (χ1) is 14.0. The molecule has 0 radical (unpaired) electrons. The molecule has 0 aliphatic carbocycles. The largest absolute Gasteiger partial charge is 0.356 e. The summed E-state index contributed by atoms with van der Waals surface area (Å²) in [4.78, 5) is 37.5. The number of rotatable bonds is 9. The monoisotopic (exact) mass is 399 g/mol. The van der Waals surface area contributed by atoms with Gasteiger partial charge >= 0.3 is 0 Å². The molecular formula is C19H25N7O3. The summed E-state index contributed by atoms with van der Waals surface area (Å²) in [5, 5.41) is 6.59. The van der Waals surface area contributed by atoms with Gasteiger partial charge in [-0.1, -0.05) is 12.1 Å². The average molecular weight is 399 g/mol. The Labute approximate surface area is 168 Å². The van der Waals surface area contributed by atoms with Crippen molar-refractivity contribution in [3.8, 4) is 11.5 Å². The molecular weight excluding hydrogens is 374 g/mol. The molecule has 0 unspecified atom stereocenters. The molecule has 3 aromatic rings. The molecule has 3 rings (SSSR count). The molecule has 0 atom stereocenters. The van der Waals surface area contributed by atoms with Gasteiger partial charge in [0.2, 0.25) is 5.91 Å². The predicted octanol–water partition coefficient (Wildman–Crippen LogP) is 1.27. The van der Waals surface area contributed by atoms with Crippen LogP contribution in [0.4, 0.5) is 0 Å². The van der Waals surface area contributed by atoms with E-state index in [4.69, 9.17) is 4.52 Å². The van der Waals surface area contributed by atoms with Crippen molar-refractivity contribution in [1.82, 2.24) is 34.6 Å². The highest BCUT2D eigenvalue weighted by Gasteiger charge is 2.15. The molecule has 29 heavy (non-hydrogen) atoms. The fraction of sp³-hybridized carbons (Fsp3) is 0.474. The lowest BCUT2D eigenvalue weighted by molar-refractivity contribution is -0.121. The highest BCUT2D eigenvalue weighted by molar-refractivity contribution is 5.75. The zero-order valence-corrected chi connectivity index (χ0v) is 16.9. The number of carbonyl (C=O) groups is 1. The van der Waals surface area contributed by atoms with Crippen molar-refractivity contribution in [3.05, 3.63) is 46.4 Å². The first-order valence-corrected chi connectivity index (χ1v) is 9.63. The second-order valence-electron chi connectivity index (χ2n) is 6.67. The lowest BCUT2D eigenvalue weighted by atomic mass is 10.3. The summed E-state index contributed by atoms with van der Waals surface area (Å²) >= 11 is 0. The number of amides is 1. The van der Waals surface area contributed by atoms with E-state index in [0.29, 0.717) is 18.2 Å². The van der Waals surface area contributed by atoms with Gasteiger partial charge in [0.05, 0.1) is 0 Å². The maximum Gasteiger partial charge on any atom is 0.266 e. The number of nitrogens with zero attached hydrogens (tertiary/aromatic N) is 6. The molecule has 1 N–H and O–H groups in total. The summed E-state index contributed by atoms with van der Waals surface area (Å²) in [6, 6.07) is 0. The van der Waals surface area contributed by atoms with Crippen molar-refractivity contribution in [2.24, 2.45) is 0 Å². The Morgan fingerprint density at radius 2 is 2.07 bits per heavy atom. The minimum atomic E-state index is -0.304. The van der Waals surface area contributed by atoms with Gasteiger partial charge < -0.3 is 14.4 Å². The minimum absolute atomic E-state index is 0.114. The van der Waals surface area contributed by atoms with Crippen molar-refractivity contribution < 1.29 is 9.32 Å². The Kier molecular flexibility index (Phi) is 6.53. The van der Waals surface area contributed by atoms with E-state index in [1.54, 1.807) is 20.0 Å². The quantitative estimate of drug-likeness (QED) is 0.538. The Balaban J connectivity index is 1.53. The minimum Gasteiger partial charge on any atom is -0.356 e.